The Morgan fingerprint density at radius 2 is 1.96 bits per heavy atom. The molecule has 2 aliphatic carbocycles. The summed E-state index contributed by atoms with van der Waals surface area (Å²) in [7, 11) is 0. The van der Waals surface area contributed by atoms with E-state index in [1.54, 1.807) is 4.57 Å². The number of rotatable bonds is 4. The van der Waals surface area contributed by atoms with E-state index in [0.29, 0.717) is 12.5 Å². The molecule has 1 aromatic carbocycles. The first-order valence-corrected chi connectivity index (χ1v) is 10.5. The number of hydrogen-bond acceptors (Lipinski definition) is 3. The Kier molecular flexibility index (Phi) is 5.04. The highest BCUT2D eigenvalue weighted by atomic mass is 16.5. The molecule has 150 valence electrons. The van der Waals surface area contributed by atoms with Crippen LogP contribution in [-0.2, 0) is 23.3 Å². The summed E-state index contributed by atoms with van der Waals surface area (Å²) in [4.78, 5) is 28.2. The lowest BCUT2D eigenvalue weighted by Gasteiger charge is -2.42. The van der Waals surface area contributed by atoms with Gasteiger partial charge in [0.2, 0.25) is 0 Å². The van der Waals surface area contributed by atoms with Crippen LogP contribution >= 0.6 is 0 Å². The van der Waals surface area contributed by atoms with Crippen LogP contribution in [0.25, 0.3) is 0 Å². The van der Waals surface area contributed by atoms with Crippen molar-refractivity contribution in [1.82, 2.24) is 9.55 Å². The molecule has 2 aliphatic rings. The third kappa shape index (κ3) is 3.16. The first-order valence-electron chi connectivity index (χ1n) is 10.5. The molecule has 2 aromatic rings. The van der Waals surface area contributed by atoms with E-state index in [4.69, 9.17) is 4.74 Å². The number of H-pyrrole nitrogens is 1. The molecule has 1 N–H and O–H groups in total. The van der Waals surface area contributed by atoms with Gasteiger partial charge in [0, 0.05) is 23.8 Å². The predicted molar refractivity (Wildman–Crippen MR) is 110 cm³/mol. The number of hydrogen-bond donors (Lipinski definition) is 1. The second kappa shape index (κ2) is 7.36. The van der Waals surface area contributed by atoms with Crippen molar-refractivity contribution in [2.75, 3.05) is 6.61 Å². The molecule has 28 heavy (non-hydrogen) atoms. The summed E-state index contributed by atoms with van der Waals surface area (Å²) in [5.74, 6) is 0.508. The van der Waals surface area contributed by atoms with Gasteiger partial charge in [-0.05, 0) is 61.5 Å². The largest absolute Gasteiger partial charge is 0.361 e. The number of fused-ring (bicyclic) bond motifs is 2. The van der Waals surface area contributed by atoms with E-state index in [-0.39, 0.29) is 29.3 Å². The minimum atomic E-state index is -0.357. The summed E-state index contributed by atoms with van der Waals surface area (Å²) in [5, 5.41) is 0. The fourth-order valence-corrected chi connectivity index (χ4v) is 5.32. The molecular formula is C23H30N2O3. The average Bonchev–Trinajstić information content (AvgIpc) is 2.67. The monoisotopic (exact) mass is 382 g/mol. The maximum absolute atomic E-state index is 12.9. The van der Waals surface area contributed by atoms with Gasteiger partial charge in [-0.15, -0.1) is 0 Å². The average molecular weight is 383 g/mol. The lowest BCUT2D eigenvalue weighted by atomic mass is 9.64. The highest BCUT2D eigenvalue weighted by Crippen LogP contribution is 2.50. The van der Waals surface area contributed by atoms with Crippen molar-refractivity contribution in [3.8, 4) is 0 Å². The third-order valence-electron chi connectivity index (χ3n) is 6.67. The van der Waals surface area contributed by atoms with E-state index >= 15 is 0 Å². The molecule has 0 fully saturated rings. The minimum absolute atomic E-state index is 0.167. The SMILES string of the molecule is CCOCn1c2c(c(=O)[nH]c1=O)C(C)(C)CCC2C1CCCc2ccccc21. The van der Waals surface area contributed by atoms with Crippen molar-refractivity contribution < 1.29 is 4.74 Å². The molecule has 5 nitrogen and oxygen atoms in total. The highest BCUT2D eigenvalue weighted by Gasteiger charge is 2.41. The molecule has 1 aromatic heterocycles. The minimum Gasteiger partial charge on any atom is -0.361 e. The van der Waals surface area contributed by atoms with E-state index in [2.05, 4.69) is 43.1 Å². The quantitative estimate of drug-likeness (QED) is 0.875. The molecule has 0 amide bonds. The number of aromatic amines is 1. The van der Waals surface area contributed by atoms with Crippen LogP contribution in [0.1, 0.15) is 80.7 Å². The van der Waals surface area contributed by atoms with Gasteiger partial charge in [0.25, 0.3) is 5.56 Å². The molecule has 0 saturated heterocycles. The Balaban J connectivity index is 1.92. The number of benzene rings is 1. The topological polar surface area (TPSA) is 64.1 Å². The van der Waals surface area contributed by atoms with Crippen LogP contribution < -0.4 is 11.2 Å². The van der Waals surface area contributed by atoms with Gasteiger partial charge < -0.3 is 4.74 Å². The number of aryl methyl sites for hydroxylation is 1. The second-order valence-electron chi connectivity index (χ2n) is 8.80. The van der Waals surface area contributed by atoms with Crippen LogP contribution in [-0.4, -0.2) is 16.2 Å². The maximum atomic E-state index is 12.9. The number of nitrogens with one attached hydrogen (secondary N) is 1. The van der Waals surface area contributed by atoms with Gasteiger partial charge in [0.05, 0.1) is 0 Å². The van der Waals surface area contributed by atoms with Crippen molar-refractivity contribution in [2.45, 2.75) is 76.9 Å². The fourth-order valence-electron chi connectivity index (χ4n) is 5.32. The standard InChI is InChI=1S/C23H30N2O3/c1-4-28-14-25-20-18(17-11-7-9-15-8-5-6-10-16(15)17)12-13-23(2,3)19(20)21(26)24-22(25)27/h5-6,8,10,17-18H,4,7,9,11-14H2,1-3H3,(H,24,26,27). The van der Waals surface area contributed by atoms with Crippen molar-refractivity contribution in [3.63, 3.8) is 0 Å². The van der Waals surface area contributed by atoms with Gasteiger partial charge in [0.15, 0.2) is 0 Å². The number of nitrogens with zero attached hydrogens (tertiary/aromatic N) is 1. The van der Waals surface area contributed by atoms with Crippen LogP contribution in [0.3, 0.4) is 0 Å². The first-order chi connectivity index (χ1) is 13.4. The summed E-state index contributed by atoms with van der Waals surface area (Å²) in [6.07, 6.45) is 5.28. The predicted octanol–water partition coefficient (Wildman–Crippen LogP) is 3.81. The van der Waals surface area contributed by atoms with Gasteiger partial charge in [-0.25, -0.2) is 4.79 Å². The Labute approximate surface area is 165 Å². The van der Waals surface area contributed by atoms with Gasteiger partial charge in [0.1, 0.15) is 6.73 Å². The van der Waals surface area contributed by atoms with Crippen molar-refractivity contribution in [1.29, 1.82) is 0 Å². The van der Waals surface area contributed by atoms with E-state index in [0.717, 1.165) is 43.4 Å². The smallest absolute Gasteiger partial charge is 0.330 e. The van der Waals surface area contributed by atoms with E-state index < -0.39 is 0 Å². The molecule has 0 aliphatic heterocycles. The van der Waals surface area contributed by atoms with Crippen LogP contribution in [0.4, 0.5) is 0 Å². The molecule has 5 heteroatoms. The van der Waals surface area contributed by atoms with Crippen LogP contribution in [0.2, 0.25) is 0 Å². The molecule has 0 spiro atoms. The Morgan fingerprint density at radius 3 is 2.75 bits per heavy atom. The van der Waals surface area contributed by atoms with Crippen molar-refractivity contribution in [2.24, 2.45) is 0 Å². The zero-order valence-electron chi connectivity index (χ0n) is 17.1. The normalized spacial score (nSPS) is 23.1. The van der Waals surface area contributed by atoms with E-state index in [1.165, 1.54) is 11.1 Å². The van der Waals surface area contributed by atoms with Crippen LogP contribution in [0.5, 0.6) is 0 Å². The maximum Gasteiger partial charge on any atom is 0.330 e. The Morgan fingerprint density at radius 1 is 1.18 bits per heavy atom. The molecule has 4 rings (SSSR count). The molecule has 2 unspecified atom stereocenters. The van der Waals surface area contributed by atoms with Crippen molar-refractivity contribution >= 4 is 0 Å². The molecule has 1 heterocycles. The summed E-state index contributed by atoms with van der Waals surface area (Å²) in [5.41, 5.74) is 3.63. The van der Waals surface area contributed by atoms with Gasteiger partial charge in [-0.1, -0.05) is 38.1 Å². The molecule has 2 atom stereocenters. The Hall–Kier alpha value is -2.14. The van der Waals surface area contributed by atoms with Gasteiger partial charge in [-0.2, -0.15) is 0 Å². The summed E-state index contributed by atoms with van der Waals surface area (Å²) >= 11 is 0. The van der Waals surface area contributed by atoms with Crippen molar-refractivity contribution in [3.05, 3.63) is 67.5 Å². The zero-order chi connectivity index (χ0) is 19.9. The molecule has 0 radical (unpaired) electrons. The molecule has 0 bridgehead atoms. The lowest BCUT2D eigenvalue weighted by Crippen LogP contribution is -2.45. The lowest BCUT2D eigenvalue weighted by molar-refractivity contribution is 0.0788. The first kappa shape index (κ1) is 19.2. The van der Waals surface area contributed by atoms with E-state index in [1.807, 2.05) is 6.92 Å². The fraction of sp³-hybridized carbons (Fsp3) is 0.565. The Bertz CT molecular complexity index is 986. The van der Waals surface area contributed by atoms with Crippen LogP contribution in [0, 0.1) is 0 Å². The zero-order valence-corrected chi connectivity index (χ0v) is 17.1. The van der Waals surface area contributed by atoms with E-state index in [9.17, 15) is 9.59 Å². The summed E-state index contributed by atoms with van der Waals surface area (Å²) in [6, 6.07) is 8.67. The summed E-state index contributed by atoms with van der Waals surface area (Å²) in [6.45, 7) is 6.86. The highest BCUT2D eigenvalue weighted by molar-refractivity contribution is 5.40. The molecule has 0 saturated carbocycles. The summed E-state index contributed by atoms with van der Waals surface area (Å²) < 4.78 is 7.30. The third-order valence-corrected chi connectivity index (χ3v) is 6.67. The molecular weight excluding hydrogens is 352 g/mol. The van der Waals surface area contributed by atoms with Crippen LogP contribution in [0.15, 0.2) is 33.9 Å². The number of ether oxygens (including phenoxy) is 1. The second-order valence-corrected chi connectivity index (χ2v) is 8.80. The number of aromatic nitrogens is 2. The van der Waals surface area contributed by atoms with Gasteiger partial charge >= 0.3 is 5.69 Å². The van der Waals surface area contributed by atoms with Gasteiger partial charge in [-0.3, -0.25) is 14.3 Å².